The Morgan fingerprint density at radius 1 is 1.14 bits per heavy atom. The molecule has 0 fully saturated rings. The normalized spacial score (nSPS) is 12.2. The molecule has 0 saturated heterocycles. The molecular weight excluding hydrogens is 440 g/mol. The molecule has 0 aromatic heterocycles. The van der Waals surface area contributed by atoms with Crippen LogP contribution < -0.4 is 5.32 Å². The van der Waals surface area contributed by atoms with Gasteiger partial charge in [-0.15, -0.1) is 0 Å². The molecule has 0 bridgehead atoms. The first kappa shape index (κ1) is 22.4. The van der Waals surface area contributed by atoms with Gasteiger partial charge in [-0.2, -0.15) is 13.2 Å². The van der Waals surface area contributed by atoms with E-state index in [9.17, 15) is 32.9 Å². The van der Waals surface area contributed by atoms with E-state index >= 15 is 0 Å². The van der Waals surface area contributed by atoms with E-state index < -0.39 is 46.0 Å². The van der Waals surface area contributed by atoms with Crippen LogP contribution in [0, 0.1) is 10.1 Å². The highest BCUT2D eigenvalue weighted by Gasteiger charge is 2.36. The monoisotopic (exact) mass is 450 g/mol. The molecule has 0 radical (unpaired) electrons. The molecule has 12 heteroatoms. The van der Waals surface area contributed by atoms with Crippen molar-refractivity contribution < 1.29 is 32.4 Å². The van der Waals surface area contributed by atoms with Crippen LogP contribution in [0.4, 0.5) is 24.5 Å². The number of nitrogens with zero attached hydrogens (tertiary/aromatic N) is 1. The SMILES string of the molecule is CC(OC(=O)c1ccc(Cl)c(Cl)c1)C(=O)Nc1ccc([N+](=O)[O-])cc1C(F)(F)F. The summed E-state index contributed by atoms with van der Waals surface area (Å²) in [6.07, 6.45) is -6.44. The van der Waals surface area contributed by atoms with Gasteiger partial charge in [0.25, 0.3) is 11.6 Å². The van der Waals surface area contributed by atoms with Crippen LogP contribution in [0.2, 0.25) is 10.0 Å². The van der Waals surface area contributed by atoms with Gasteiger partial charge in [0.2, 0.25) is 0 Å². The topological polar surface area (TPSA) is 98.5 Å². The summed E-state index contributed by atoms with van der Waals surface area (Å²) in [6.45, 7) is 1.14. The number of nitro groups is 1. The van der Waals surface area contributed by atoms with Gasteiger partial charge >= 0.3 is 12.1 Å². The number of carbonyl (C=O) groups is 2. The van der Waals surface area contributed by atoms with E-state index in [1.165, 1.54) is 18.2 Å². The van der Waals surface area contributed by atoms with Crippen LogP contribution in [0.15, 0.2) is 36.4 Å². The van der Waals surface area contributed by atoms with Crippen LogP contribution in [-0.2, 0) is 15.7 Å². The van der Waals surface area contributed by atoms with Gasteiger partial charge in [0.1, 0.15) is 0 Å². The molecule has 0 saturated carbocycles. The first-order valence-electron chi connectivity index (χ1n) is 7.72. The van der Waals surface area contributed by atoms with Crippen LogP contribution >= 0.6 is 23.2 Å². The molecule has 154 valence electrons. The summed E-state index contributed by atoms with van der Waals surface area (Å²) in [5, 5.41) is 12.9. The summed E-state index contributed by atoms with van der Waals surface area (Å²) in [5.41, 5.74) is -2.95. The van der Waals surface area contributed by atoms with Crippen molar-refractivity contribution >= 4 is 46.5 Å². The number of nitrogens with one attached hydrogen (secondary N) is 1. The number of halogens is 5. The smallest absolute Gasteiger partial charge is 0.418 e. The summed E-state index contributed by atoms with van der Waals surface area (Å²) in [4.78, 5) is 33.9. The fraction of sp³-hybridized carbons (Fsp3) is 0.176. The van der Waals surface area contributed by atoms with Crippen molar-refractivity contribution in [2.24, 2.45) is 0 Å². The van der Waals surface area contributed by atoms with Crippen molar-refractivity contribution in [1.29, 1.82) is 0 Å². The van der Waals surface area contributed by atoms with Gasteiger partial charge in [-0.1, -0.05) is 23.2 Å². The molecule has 2 aromatic carbocycles. The average Bonchev–Trinajstić information content (AvgIpc) is 2.62. The van der Waals surface area contributed by atoms with E-state index in [4.69, 9.17) is 27.9 Å². The van der Waals surface area contributed by atoms with Crippen molar-refractivity contribution in [2.45, 2.75) is 19.2 Å². The van der Waals surface area contributed by atoms with E-state index in [0.717, 1.165) is 19.1 Å². The fourth-order valence-electron chi connectivity index (χ4n) is 2.13. The zero-order valence-corrected chi connectivity index (χ0v) is 15.9. The number of carbonyl (C=O) groups excluding carboxylic acids is 2. The Balaban J connectivity index is 2.17. The molecule has 0 spiro atoms. The van der Waals surface area contributed by atoms with Crippen LogP contribution in [-0.4, -0.2) is 22.9 Å². The lowest BCUT2D eigenvalue weighted by Crippen LogP contribution is -2.30. The van der Waals surface area contributed by atoms with Crippen molar-refractivity contribution in [3.8, 4) is 0 Å². The van der Waals surface area contributed by atoms with Crippen molar-refractivity contribution in [1.82, 2.24) is 0 Å². The van der Waals surface area contributed by atoms with Crippen molar-refractivity contribution in [3.05, 3.63) is 67.7 Å². The number of esters is 1. The highest BCUT2D eigenvalue weighted by Crippen LogP contribution is 2.37. The van der Waals surface area contributed by atoms with E-state index in [-0.39, 0.29) is 15.6 Å². The molecule has 1 atom stereocenters. The third-order valence-corrected chi connectivity index (χ3v) is 4.32. The third kappa shape index (κ3) is 5.58. The van der Waals surface area contributed by atoms with Crippen LogP contribution in [0.5, 0.6) is 0 Å². The van der Waals surface area contributed by atoms with Gasteiger partial charge in [-0.05, 0) is 31.2 Å². The van der Waals surface area contributed by atoms with E-state index in [1.807, 2.05) is 5.32 Å². The summed E-state index contributed by atoms with van der Waals surface area (Å²) in [7, 11) is 0. The Morgan fingerprint density at radius 2 is 1.79 bits per heavy atom. The highest BCUT2D eigenvalue weighted by molar-refractivity contribution is 6.42. The van der Waals surface area contributed by atoms with Crippen LogP contribution in [0.1, 0.15) is 22.8 Å². The summed E-state index contributed by atoms with van der Waals surface area (Å²) in [5.74, 6) is -2.02. The first-order chi connectivity index (χ1) is 13.4. The van der Waals surface area contributed by atoms with Crippen molar-refractivity contribution in [2.75, 3.05) is 5.32 Å². The molecule has 7 nitrogen and oxygen atoms in total. The number of anilines is 1. The molecule has 0 aliphatic heterocycles. The second kappa shape index (κ2) is 8.66. The van der Waals surface area contributed by atoms with Crippen molar-refractivity contribution in [3.63, 3.8) is 0 Å². The van der Waals surface area contributed by atoms with E-state index in [2.05, 4.69) is 0 Å². The van der Waals surface area contributed by atoms with E-state index in [1.54, 1.807) is 0 Å². The predicted octanol–water partition coefficient (Wildman–Crippen LogP) is 5.10. The molecule has 29 heavy (non-hydrogen) atoms. The summed E-state index contributed by atoms with van der Waals surface area (Å²) < 4.78 is 44.4. The second-order valence-corrected chi connectivity index (χ2v) is 6.46. The van der Waals surface area contributed by atoms with Gasteiger partial charge < -0.3 is 10.1 Å². The van der Waals surface area contributed by atoms with Crippen LogP contribution in [0.3, 0.4) is 0 Å². The quantitative estimate of drug-likeness (QED) is 0.387. The molecule has 2 aromatic rings. The Bertz CT molecular complexity index is 982. The lowest BCUT2D eigenvalue weighted by Gasteiger charge is -2.17. The lowest BCUT2D eigenvalue weighted by molar-refractivity contribution is -0.385. The Labute approximate surface area is 171 Å². The molecule has 0 heterocycles. The Kier molecular flexibility index (Phi) is 6.70. The van der Waals surface area contributed by atoms with Gasteiger partial charge in [-0.3, -0.25) is 14.9 Å². The molecule has 0 aliphatic rings. The number of hydrogen-bond donors (Lipinski definition) is 1. The minimum Gasteiger partial charge on any atom is -0.449 e. The number of nitro benzene ring substituents is 1. The second-order valence-electron chi connectivity index (χ2n) is 5.65. The molecule has 0 aliphatic carbocycles. The maximum atomic E-state index is 13.2. The number of rotatable bonds is 5. The third-order valence-electron chi connectivity index (χ3n) is 3.59. The van der Waals surface area contributed by atoms with Crippen LogP contribution in [0.25, 0.3) is 0 Å². The largest absolute Gasteiger partial charge is 0.449 e. The van der Waals surface area contributed by atoms with Gasteiger partial charge in [0, 0.05) is 12.1 Å². The number of hydrogen-bond acceptors (Lipinski definition) is 5. The standard InChI is InChI=1S/C17H11Cl2F3N2O5/c1-8(29-16(26)9-2-4-12(18)13(19)6-9)15(25)23-14-5-3-10(24(27)28)7-11(14)17(20,21)22/h2-8H,1H3,(H,23,25). The number of non-ortho nitro benzene ring substituents is 1. The van der Waals surface area contributed by atoms with Gasteiger partial charge in [0.05, 0.1) is 31.8 Å². The Morgan fingerprint density at radius 3 is 2.34 bits per heavy atom. The zero-order chi connectivity index (χ0) is 21.9. The molecular formula is C17H11Cl2F3N2O5. The molecule has 1 N–H and O–H groups in total. The number of alkyl halides is 3. The van der Waals surface area contributed by atoms with Gasteiger partial charge in [0.15, 0.2) is 6.10 Å². The zero-order valence-electron chi connectivity index (χ0n) is 14.4. The molecule has 1 amide bonds. The maximum Gasteiger partial charge on any atom is 0.418 e. The summed E-state index contributed by atoms with van der Waals surface area (Å²) >= 11 is 11.5. The number of benzene rings is 2. The predicted molar refractivity (Wildman–Crippen MR) is 98.1 cm³/mol. The Hall–Kier alpha value is -2.85. The molecule has 1 unspecified atom stereocenters. The maximum absolute atomic E-state index is 13.2. The van der Waals surface area contributed by atoms with E-state index in [0.29, 0.717) is 6.07 Å². The first-order valence-corrected chi connectivity index (χ1v) is 8.48. The minimum atomic E-state index is -4.96. The highest BCUT2D eigenvalue weighted by atomic mass is 35.5. The summed E-state index contributed by atoms with van der Waals surface area (Å²) in [6, 6.07) is 5.66. The average molecular weight is 451 g/mol. The minimum absolute atomic E-state index is 0.0228. The number of amides is 1. The fourth-order valence-corrected chi connectivity index (χ4v) is 2.43. The van der Waals surface area contributed by atoms with Gasteiger partial charge in [-0.25, -0.2) is 4.79 Å². The number of ether oxygens (including phenoxy) is 1. The molecule has 2 rings (SSSR count). The lowest BCUT2D eigenvalue weighted by atomic mass is 10.1.